The Morgan fingerprint density at radius 1 is 1.43 bits per heavy atom. The Kier molecular flexibility index (Phi) is 3.18. The highest BCUT2D eigenvalue weighted by Gasteiger charge is 2.50. The van der Waals surface area contributed by atoms with Crippen LogP contribution in [0.25, 0.3) is 0 Å². The molecule has 0 atom stereocenters. The Morgan fingerprint density at radius 3 is 2.67 bits per heavy atom. The van der Waals surface area contributed by atoms with Gasteiger partial charge < -0.3 is 15.4 Å². The van der Waals surface area contributed by atoms with Gasteiger partial charge in [-0.25, -0.2) is 0 Å². The van der Waals surface area contributed by atoms with Crippen molar-refractivity contribution in [3.8, 4) is 11.9 Å². The number of fused-ring (bicyclic) bond motifs is 2. The first-order valence-electron chi connectivity index (χ1n) is 7.48. The van der Waals surface area contributed by atoms with Gasteiger partial charge in [-0.15, -0.1) is 5.10 Å². The summed E-state index contributed by atoms with van der Waals surface area (Å²) in [7, 11) is 2.19. The number of piperidine rings is 1. The van der Waals surface area contributed by atoms with E-state index >= 15 is 0 Å². The number of nitrogens with zero attached hydrogens (tertiary/aromatic N) is 2. The van der Waals surface area contributed by atoms with Crippen molar-refractivity contribution >= 4 is 0 Å². The first-order valence-corrected chi connectivity index (χ1v) is 7.48. The van der Waals surface area contributed by atoms with Gasteiger partial charge in [-0.1, -0.05) is 13.8 Å². The Balaban J connectivity index is 2.20. The molecular formula is C15H22N5O+. The zero-order valence-electron chi connectivity index (χ0n) is 12.8. The van der Waals surface area contributed by atoms with E-state index < -0.39 is 0 Å². The zero-order valence-corrected chi connectivity index (χ0v) is 12.8. The number of likely N-dealkylation sites (tertiary alicyclic amines) is 1. The predicted octanol–water partition coefficient (Wildman–Crippen LogP) is 0.166. The van der Waals surface area contributed by atoms with Crippen molar-refractivity contribution in [3.63, 3.8) is 0 Å². The smallest absolute Gasteiger partial charge is 0.244 e. The SMILES string of the molecule is CC(C)c1[nH]nc2c1C1(CC[NH+](C)CC1)C(C#N)=C(N)O2. The van der Waals surface area contributed by atoms with Crippen LogP contribution in [-0.2, 0) is 5.41 Å². The van der Waals surface area contributed by atoms with E-state index in [0.29, 0.717) is 17.4 Å². The zero-order chi connectivity index (χ0) is 15.2. The number of allylic oxidation sites excluding steroid dienone is 1. The van der Waals surface area contributed by atoms with Gasteiger partial charge in [0.25, 0.3) is 0 Å². The molecule has 1 spiro atoms. The summed E-state index contributed by atoms with van der Waals surface area (Å²) < 4.78 is 5.61. The van der Waals surface area contributed by atoms with Gasteiger partial charge in [-0.05, 0) is 5.92 Å². The first-order chi connectivity index (χ1) is 9.99. The van der Waals surface area contributed by atoms with E-state index in [1.807, 2.05) is 0 Å². The van der Waals surface area contributed by atoms with Crippen LogP contribution < -0.4 is 15.4 Å². The lowest BCUT2D eigenvalue weighted by molar-refractivity contribution is -0.886. The number of rotatable bonds is 1. The first kappa shape index (κ1) is 14.0. The van der Waals surface area contributed by atoms with E-state index in [1.54, 1.807) is 0 Å². The average molecular weight is 288 g/mol. The molecule has 1 saturated heterocycles. The highest BCUT2D eigenvalue weighted by atomic mass is 16.5. The van der Waals surface area contributed by atoms with E-state index in [-0.39, 0.29) is 11.3 Å². The number of hydrogen-bond donors (Lipinski definition) is 3. The molecule has 2 aliphatic heterocycles. The fraction of sp³-hybridized carbons (Fsp3) is 0.600. The minimum Gasteiger partial charge on any atom is -0.420 e. The number of nitriles is 1. The minimum atomic E-state index is -0.335. The summed E-state index contributed by atoms with van der Waals surface area (Å²) in [6, 6.07) is 2.30. The van der Waals surface area contributed by atoms with Crippen molar-refractivity contribution in [3.05, 3.63) is 22.7 Å². The number of ether oxygens (including phenoxy) is 1. The number of aromatic amines is 1. The van der Waals surface area contributed by atoms with E-state index in [2.05, 4.69) is 37.2 Å². The van der Waals surface area contributed by atoms with Gasteiger partial charge in [-0.2, -0.15) is 5.26 Å². The molecule has 0 bridgehead atoms. The molecule has 3 rings (SSSR count). The topological polar surface area (TPSA) is 92.2 Å². The van der Waals surface area contributed by atoms with Crippen LogP contribution in [0.4, 0.5) is 0 Å². The lowest BCUT2D eigenvalue weighted by Gasteiger charge is -2.41. The Hall–Kier alpha value is -2.00. The van der Waals surface area contributed by atoms with Crippen LogP contribution in [-0.4, -0.2) is 30.3 Å². The molecule has 1 fully saturated rings. The second-order valence-corrected chi connectivity index (χ2v) is 6.46. The summed E-state index contributed by atoms with van der Waals surface area (Å²) in [5, 5.41) is 17.0. The number of H-pyrrole nitrogens is 1. The van der Waals surface area contributed by atoms with Crippen molar-refractivity contribution in [2.45, 2.75) is 38.0 Å². The number of hydrogen-bond acceptors (Lipinski definition) is 4. The monoisotopic (exact) mass is 288 g/mol. The van der Waals surface area contributed by atoms with E-state index in [9.17, 15) is 5.26 Å². The molecule has 21 heavy (non-hydrogen) atoms. The van der Waals surface area contributed by atoms with Crippen molar-refractivity contribution in [1.82, 2.24) is 10.2 Å². The molecule has 0 aromatic carbocycles. The fourth-order valence-electron chi connectivity index (χ4n) is 3.57. The lowest BCUT2D eigenvalue weighted by atomic mass is 9.66. The van der Waals surface area contributed by atoms with Crippen LogP contribution in [0.5, 0.6) is 5.88 Å². The Bertz CT molecular complexity index is 629. The average Bonchev–Trinajstić information content (AvgIpc) is 2.86. The van der Waals surface area contributed by atoms with Crippen molar-refractivity contribution < 1.29 is 9.64 Å². The highest BCUT2D eigenvalue weighted by molar-refractivity contribution is 5.54. The number of nitrogens with two attached hydrogens (primary N) is 1. The molecule has 0 unspecified atom stereocenters. The molecule has 0 saturated carbocycles. The van der Waals surface area contributed by atoms with Crippen LogP contribution in [0.15, 0.2) is 11.5 Å². The lowest BCUT2D eigenvalue weighted by Crippen LogP contribution is -3.10. The van der Waals surface area contributed by atoms with Crippen molar-refractivity contribution in [2.75, 3.05) is 20.1 Å². The predicted molar refractivity (Wildman–Crippen MR) is 77.7 cm³/mol. The molecule has 0 radical (unpaired) electrons. The molecule has 1 aromatic heterocycles. The van der Waals surface area contributed by atoms with Gasteiger partial charge in [-0.3, -0.25) is 5.10 Å². The summed E-state index contributed by atoms with van der Waals surface area (Å²) in [6.45, 7) is 6.27. The van der Waals surface area contributed by atoms with Gasteiger partial charge in [0.05, 0.1) is 25.6 Å². The maximum absolute atomic E-state index is 9.63. The molecule has 6 nitrogen and oxygen atoms in total. The Morgan fingerprint density at radius 2 is 2.10 bits per heavy atom. The van der Waals surface area contributed by atoms with E-state index in [4.69, 9.17) is 10.5 Å². The van der Waals surface area contributed by atoms with Crippen LogP contribution in [0, 0.1) is 11.3 Å². The van der Waals surface area contributed by atoms with Crippen LogP contribution in [0.1, 0.15) is 43.9 Å². The summed E-state index contributed by atoms with van der Waals surface area (Å²) in [4.78, 5) is 1.49. The maximum atomic E-state index is 9.63. The fourth-order valence-corrected chi connectivity index (χ4v) is 3.57. The molecule has 112 valence electrons. The summed E-state index contributed by atoms with van der Waals surface area (Å²) >= 11 is 0. The third-order valence-electron chi connectivity index (χ3n) is 4.82. The third kappa shape index (κ3) is 1.92. The van der Waals surface area contributed by atoms with Crippen molar-refractivity contribution in [1.29, 1.82) is 5.26 Å². The minimum absolute atomic E-state index is 0.214. The summed E-state index contributed by atoms with van der Waals surface area (Å²) in [5.41, 5.74) is 8.36. The quantitative estimate of drug-likeness (QED) is 0.686. The molecule has 2 aliphatic rings. The number of quaternary nitrogens is 1. The second-order valence-electron chi connectivity index (χ2n) is 6.46. The third-order valence-corrected chi connectivity index (χ3v) is 4.82. The standard InChI is InChI=1S/C15H21N5O/c1-9(2)12-11-14(19-18-12)21-13(17)10(8-16)15(11)4-6-20(3)7-5-15/h9H,4-7,17H2,1-3H3,(H,18,19)/p+1. The molecule has 0 amide bonds. The normalized spacial score (nSPS) is 28.4. The van der Waals surface area contributed by atoms with Crippen LogP contribution in [0.2, 0.25) is 0 Å². The van der Waals surface area contributed by atoms with Gasteiger partial charge in [0.2, 0.25) is 11.8 Å². The molecule has 4 N–H and O–H groups in total. The Labute approximate surface area is 124 Å². The summed E-state index contributed by atoms with van der Waals surface area (Å²) in [6.07, 6.45) is 1.80. The van der Waals surface area contributed by atoms with Crippen LogP contribution >= 0.6 is 0 Å². The highest BCUT2D eigenvalue weighted by Crippen LogP contribution is 2.49. The number of aromatic nitrogens is 2. The van der Waals surface area contributed by atoms with Gasteiger partial charge in [0, 0.05) is 24.1 Å². The van der Waals surface area contributed by atoms with Crippen molar-refractivity contribution in [2.24, 2.45) is 5.73 Å². The largest absolute Gasteiger partial charge is 0.420 e. The molecular weight excluding hydrogens is 266 g/mol. The van der Waals surface area contributed by atoms with Gasteiger partial charge in [0.1, 0.15) is 11.6 Å². The number of nitrogens with one attached hydrogen (secondary N) is 2. The maximum Gasteiger partial charge on any atom is 0.244 e. The second kappa shape index (κ2) is 4.78. The van der Waals surface area contributed by atoms with Crippen LogP contribution in [0.3, 0.4) is 0 Å². The molecule has 6 heteroatoms. The molecule has 3 heterocycles. The van der Waals surface area contributed by atoms with E-state index in [0.717, 1.165) is 37.2 Å². The molecule has 1 aromatic rings. The van der Waals surface area contributed by atoms with Gasteiger partial charge in [0.15, 0.2) is 0 Å². The van der Waals surface area contributed by atoms with E-state index in [1.165, 1.54) is 4.90 Å². The molecule has 0 aliphatic carbocycles. The summed E-state index contributed by atoms with van der Waals surface area (Å²) in [5.74, 6) is 1.06. The van der Waals surface area contributed by atoms with Gasteiger partial charge >= 0.3 is 0 Å².